The van der Waals surface area contributed by atoms with Crippen LogP contribution in [0.1, 0.15) is 26.7 Å². The molecule has 0 saturated heterocycles. The van der Waals surface area contributed by atoms with E-state index in [4.69, 9.17) is 9.42 Å². The van der Waals surface area contributed by atoms with Crippen LogP contribution in [0.2, 0.25) is 0 Å². The van der Waals surface area contributed by atoms with Gasteiger partial charge in [0.2, 0.25) is 0 Å². The molecule has 0 spiro atoms. The van der Waals surface area contributed by atoms with Gasteiger partial charge in [-0.2, -0.15) is 0 Å². The van der Waals surface area contributed by atoms with E-state index in [0.717, 1.165) is 19.4 Å². The van der Waals surface area contributed by atoms with Crippen molar-refractivity contribution in [3.05, 3.63) is 0 Å². The largest absolute Gasteiger partial charge is 0.329 e. The maximum atomic E-state index is 11.1. The summed E-state index contributed by atoms with van der Waals surface area (Å²) in [5, 5.41) is 3.09. The van der Waals surface area contributed by atoms with Crippen molar-refractivity contribution < 1.29 is 14.0 Å². The molecular weight excluding hydrogens is 189 g/mol. The van der Waals surface area contributed by atoms with Crippen LogP contribution in [-0.4, -0.2) is 30.8 Å². The minimum Gasteiger partial charge on any atom is -0.324 e. The Balaban J connectivity index is 3.35. The van der Waals surface area contributed by atoms with Gasteiger partial charge in [-0.25, -0.2) is 0 Å². The van der Waals surface area contributed by atoms with Crippen molar-refractivity contribution in [2.75, 3.05) is 25.9 Å². The lowest BCUT2D eigenvalue weighted by atomic mass is 10.3. The molecule has 1 unspecified atom stereocenters. The van der Waals surface area contributed by atoms with Crippen LogP contribution in [0.15, 0.2) is 0 Å². The second-order valence-electron chi connectivity index (χ2n) is 2.88. The zero-order valence-corrected chi connectivity index (χ0v) is 9.35. The zero-order chi connectivity index (χ0) is 10.2. The highest BCUT2D eigenvalue weighted by molar-refractivity contribution is 7.52. The van der Waals surface area contributed by atoms with Crippen LogP contribution in [0.4, 0.5) is 0 Å². The Morgan fingerprint density at radius 2 is 2.08 bits per heavy atom. The molecule has 0 fully saturated rings. The summed E-state index contributed by atoms with van der Waals surface area (Å²) >= 11 is 0. The molecule has 0 amide bonds. The van der Waals surface area contributed by atoms with Crippen molar-refractivity contribution in [3.8, 4) is 0 Å². The van der Waals surface area contributed by atoms with Crippen molar-refractivity contribution in [2.24, 2.45) is 0 Å². The van der Waals surface area contributed by atoms with E-state index in [1.165, 1.54) is 0 Å². The number of unbranched alkanes of at least 4 members (excludes halogenated alkanes) is 1. The average Bonchev–Trinajstić information content (AvgIpc) is 2.04. The van der Waals surface area contributed by atoms with Crippen LogP contribution in [0.5, 0.6) is 0 Å². The summed E-state index contributed by atoms with van der Waals surface area (Å²) < 4.78 is 15.8. The third kappa shape index (κ3) is 8.44. The quantitative estimate of drug-likeness (QED) is 0.471. The molecule has 2 N–H and O–H groups in total. The summed E-state index contributed by atoms with van der Waals surface area (Å²) in [6, 6.07) is 0. The molecule has 13 heavy (non-hydrogen) atoms. The van der Waals surface area contributed by atoms with Gasteiger partial charge in [0.1, 0.15) is 0 Å². The molecule has 0 aromatic carbocycles. The molecule has 0 aliphatic heterocycles. The number of rotatable bonds is 8. The molecule has 5 heteroatoms. The fourth-order valence-electron chi connectivity index (χ4n) is 0.913. The zero-order valence-electron chi connectivity index (χ0n) is 8.45. The van der Waals surface area contributed by atoms with E-state index < -0.39 is 7.60 Å². The van der Waals surface area contributed by atoms with Crippen LogP contribution in [0.25, 0.3) is 0 Å². The fourth-order valence-corrected chi connectivity index (χ4v) is 1.89. The summed E-state index contributed by atoms with van der Waals surface area (Å²) in [5.41, 5.74) is 0. The molecule has 0 aromatic heterocycles. The molecule has 0 aliphatic rings. The van der Waals surface area contributed by atoms with Gasteiger partial charge < -0.3 is 14.7 Å². The molecule has 0 aromatic rings. The molecule has 1 atom stereocenters. The Bertz CT molecular complexity index is 163. The first kappa shape index (κ1) is 13.1. The van der Waals surface area contributed by atoms with Gasteiger partial charge in [0.05, 0.1) is 12.8 Å². The lowest BCUT2D eigenvalue weighted by Gasteiger charge is -2.10. The first-order valence-electron chi connectivity index (χ1n) is 4.79. The highest BCUT2D eigenvalue weighted by Gasteiger charge is 2.16. The summed E-state index contributed by atoms with van der Waals surface area (Å²) in [7, 11) is -3.30. The van der Waals surface area contributed by atoms with E-state index in [0.29, 0.717) is 13.2 Å². The molecule has 0 heterocycles. The maximum absolute atomic E-state index is 11.1. The lowest BCUT2D eigenvalue weighted by molar-refractivity contribution is 0.273. The Labute approximate surface area is 80.2 Å². The molecule has 0 aliphatic carbocycles. The van der Waals surface area contributed by atoms with Crippen LogP contribution in [0.3, 0.4) is 0 Å². The molecule has 0 radical (unpaired) electrons. The molecule has 0 rings (SSSR count). The number of hydrogen-bond donors (Lipinski definition) is 2. The van der Waals surface area contributed by atoms with E-state index in [-0.39, 0.29) is 6.16 Å². The van der Waals surface area contributed by atoms with Crippen LogP contribution >= 0.6 is 7.60 Å². The fraction of sp³-hybridized carbons (Fsp3) is 1.00. The van der Waals surface area contributed by atoms with Crippen LogP contribution < -0.4 is 5.32 Å². The molecule has 0 bridgehead atoms. The van der Waals surface area contributed by atoms with Gasteiger partial charge in [-0.3, -0.25) is 4.57 Å². The van der Waals surface area contributed by atoms with E-state index in [9.17, 15) is 4.57 Å². The van der Waals surface area contributed by atoms with Gasteiger partial charge in [-0.1, -0.05) is 13.3 Å². The third-order valence-corrected chi connectivity index (χ3v) is 3.06. The Morgan fingerprint density at radius 3 is 2.62 bits per heavy atom. The van der Waals surface area contributed by atoms with Crippen LogP contribution in [-0.2, 0) is 9.09 Å². The second-order valence-corrected chi connectivity index (χ2v) is 4.86. The highest BCUT2D eigenvalue weighted by Crippen LogP contribution is 2.40. The molecule has 4 nitrogen and oxygen atoms in total. The number of hydrogen-bond acceptors (Lipinski definition) is 3. The van der Waals surface area contributed by atoms with Gasteiger partial charge in [0, 0.05) is 6.54 Å². The summed E-state index contributed by atoms with van der Waals surface area (Å²) in [5.74, 6) is 0. The average molecular weight is 209 g/mol. The summed E-state index contributed by atoms with van der Waals surface area (Å²) in [6.45, 7) is 5.57. The predicted molar refractivity (Wildman–Crippen MR) is 54.1 cm³/mol. The standard InChI is InChI=1S/C8H20NO3P/c1-3-5-6-9-7-8-13(10,11)12-4-2/h9H,3-8H2,1-2H3,(H,10,11). The topological polar surface area (TPSA) is 58.6 Å². The number of nitrogens with one attached hydrogen (secondary N) is 1. The van der Waals surface area contributed by atoms with Gasteiger partial charge in [-0.15, -0.1) is 0 Å². The molecular formula is C8H20NO3P. The molecule has 0 saturated carbocycles. The van der Waals surface area contributed by atoms with Crippen molar-refractivity contribution in [1.82, 2.24) is 5.32 Å². The Morgan fingerprint density at radius 1 is 1.38 bits per heavy atom. The smallest absolute Gasteiger partial charge is 0.324 e. The maximum Gasteiger partial charge on any atom is 0.329 e. The van der Waals surface area contributed by atoms with Crippen molar-refractivity contribution in [3.63, 3.8) is 0 Å². The minimum absolute atomic E-state index is 0.199. The SMILES string of the molecule is CCCCNCCP(=O)(O)OCC. The highest BCUT2D eigenvalue weighted by atomic mass is 31.2. The third-order valence-electron chi connectivity index (χ3n) is 1.61. The van der Waals surface area contributed by atoms with Gasteiger partial charge in [0.25, 0.3) is 0 Å². The van der Waals surface area contributed by atoms with E-state index in [1.54, 1.807) is 6.92 Å². The summed E-state index contributed by atoms with van der Waals surface area (Å²) in [6.07, 6.45) is 2.43. The monoisotopic (exact) mass is 209 g/mol. The lowest BCUT2D eigenvalue weighted by Crippen LogP contribution is -2.19. The summed E-state index contributed by atoms with van der Waals surface area (Å²) in [4.78, 5) is 9.16. The van der Waals surface area contributed by atoms with E-state index in [1.807, 2.05) is 0 Å². The van der Waals surface area contributed by atoms with Crippen molar-refractivity contribution in [1.29, 1.82) is 0 Å². The van der Waals surface area contributed by atoms with Gasteiger partial charge in [-0.05, 0) is 19.9 Å². The first-order chi connectivity index (χ1) is 6.12. The normalized spacial score (nSPS) is 15.6. The van der Waals surface area contributed by atoms with Crippen molar-refractivity contribution >= 4 is 7.60 Å². The first-order valence-corrected chi connectivity index (χ1v) is 6.55. The van der Waals surface area contributed by atoms with Crippen LogP contribution in [0, 0.1) is 0 Å². The van der Waals surface area contributed by atoms with Crippen molar-refractivity contribution in [2.45, 2.75) is 26.7 Å². The Kier molecular flexibility index (Phi) is 7.57. The Hall–Kier alpha value is 0.110. The molecule has 80 valence electrons. The van der Waals surface area contributed by atoms with Gasteiger partial charge >= 0.3 is 7.60 Å². The minimum atomic E-state index is -3.30. The van der Waals surface area contributed by atoms with Gasteiger partial charge in [0.15, 0.2) is 0 Å². The van der Waals surface area contributed by atoms with E-state index in [2.05, 4.69) is 12.2 Å². The second kappa shape index (κ2) is 7.51. The predicted octanol–water partition coefficient (Wildman–Crippen LogP) is 1.60. The van der Waals surface area contributed by atoms with E-state index >= 15 is 0 Å².